The maximum absolute atomic E-state index is 6.25. The van der Waals surface area contributed by atoms with Gasteiger partial charge in [-0.1, -0.05) is 18.5 Å². The van der Waals surface area contributed by atoms with Gasteiger partial charge in [0.2, 0.25) is 0 Å². The minimum absolute atomic E-state index is 0.722. The molecule has 3 nitrogen and oxygen atoms in total. The van der Waals surface area contributed by atoms with Gasteiger partial charge in [-0.25, -0.2) is 0 Å². The van der Waals surface area contributed by atoms with Gasteiger partial charge in [-0.2, -0.15) is 5.10 Å². The Morgan fingerprint density at radius 1 is 1.56 bits per heavy atom. The molecule has 16 heavy (non-hydrogen) atoms. The number of rotatable bonds is 2. The number of aryl methyl sites for hydroxylation is 2. The molecule has 0 aliphatic heterocycles. The van der Waals surface area contributed by atoms with E-state index in [0.29, 0.717) is 0 Å². The molecule has 0 spiro atoms. The number of hydrogen-bond donors (Lipinski definition) is 1. The quantitative estimate of drug-likeness (QED) is 0.895. The smallest absolute Gasteiger partial charge is 0.125 e. The molecule has 2 aromatic rings. The SMILES string of the molecule is CCc1c(-c2scc(C)c2Cl)nn(C)c1N. The van der Waals surface area contributed by atoms with Crippen LogP contribution in [0.4, 0.5) is 5.82 Å². The van der Waals surface area contributed by atoms with Gasteiger partial charge < -0.3 is 5.73 Å². The third kappa shape index (κ3) is 1.62. The zero-order valence-corrected chi connectivity index (χ0v) is 11.1. The monoisotopic (exact) mass is 255 g/mol. The molecular weight excluding hydrogens is 242 g/mol. The van der Waals surface area contributed by atoms with Gasteiger partial charge in [0.15, 0.2) is 0 Å². The van der Waals surface area contributed by atoms with Gasteiger partial charge >= 0.3 is 0 Å². The molecule has 2 heterocycles. The highest BCUT2D eigenvalue weighted by molar-refractivity contribution is 7.14. The lowest BCUT2D eigenvalue weighted by Gasteiger charge is -1.98. The van der Waals surface area contributed by atoms with Crippen molar-refractivity contribution < 1.29 is 0 Å². The van der Waals surface area contributed by atoms with Crippen molar-refractivity contribution >= 4 is 28.8 Å². The minimum atomic E-state index is 0.722. The van der Waals surface area contributed by atoms with Gasteiger partial charge in [-0.15, -0.1) is 11.3 Å². The molecule has 0 bridgehead atoms. The summed E-state index contributed by atoms with van der Waals surface area (Å²) in [5, 5.41) is 7.28. The molecule has 0 aliphatic carbocycles. The van der Waals surface area contributed by atoms with Crippen molar-refractivity contribution in [3.63, 3.8) is 0 Å². The number of aromatic nitrogens is 2. The number of nitrogens with two attached hydrogens (primary N) is 1. The number of halogens is 1. The fourth-order valence-electron chi connectivity index (χ4n) is 1.70. The van der Waals surface area contributed by atoms with Crippen LogP contribution in [0.2, 0.25) is 5.02 Å². The van der Waals surface area contributed by atoms with Crippen molar-refractivity contribution in [3.8, 4) is 10.6 Å². The van der Waals surface area contributed by atoms with Gasteiger partial charge in [0.25, 0.3) is 0 Å². The predicted octanol–water partition coefficient (Wildman–Crippen LogP) is 3.26. The van der Waals surface area contributed by atoms with E-state index < -0.39 is 0 Å². The summed E-state index contributed by atoms with van der Waals surface area (Å²) in [5.41, 5.74) is 9.06. The van der Waals surface area contributed by atoms with Crippen LogP contribution >= 0.6 is 22.9 Å². The molecule has 5 heteroatoms. The lowest BCUT2D eigenvalue weighted by molar-refractivity contribution is 0.782. The van der Waals surface area contributed by atoms with Crippen molar-refractivity contribution in [1.82, 2.24) is 9.78 Å². The average molecular weight is 256 g/mol. The molecule has 0 fully saturated rings. The van der Waals surface area contributed by atoms with Crippen LogP contribution in [0.5, 0.6) is 0 Å². The molecular formula is C11H14ClN3S. The molecule has 0 saturated carbocycles. The summed E-state index contributed by atoms with van der Waals surface area (Å²) < 4.78 is 1.71. The van der Waals surface area contributed by atoms with Crippen molar-refractivity contribution in [2.24, 2.45) is 7.05 Å². The maximum atomic E-state index is 6.25. The summed E-state index contributed by atoms with van der Waals surface area (Å²) in [7, 11) is 1.85. The minimum Gasteiger partial charge on any atom is -0.384 e. The van der Waals surface area contributed by atoms with Gasteiger partial charge in [-0.05, 0) is 24.3 Å². The van der Waals surface area contributed by atoms with E-state index in [1.165, 1.54) is 0 Å². The number of anilines is 1. The first-order valence-electron chi connectivity index (χ1n) is 5.11. The summed E-state index contributed by atoms with van der Waals surface area (Å²) in [6.07, 6.45) is 0.863. The van der Waals surface area contributed by atoms with Crippen molar-refractivity contribution in [1.29, 1.82) is 0 Å². The van der Waals surface area contributed by atoms with E-state index in [1.54, 1.807) is 16.0 Å². The Morgan fingerprint density at radius 2 is 2.25 bits per heavy atom. The normalized spacial score (nSPS) is 11.0. The van der Waals surface area contributed by atoms with Crippen LogP contribution in [-0.4, -0.2) is 9.78 Å². The number of nitrogens with zero attached hydrogens (tertiary/aromatic N) is 2. The molecule has 2 N–H and O–H groups in total. The second-order valence-electron chi connectivity index (χ2n) is 3.75. The van der Waals surface area contributed by atoms with Crippen molar-refractivity contribution in [2.45, 2.75) is 20.3 Å². The highest BCUT2D eigenvalue weighted by Crippen LogP contribution is 2.38. The Hall–Kier alpha value is -1.00. The van der Waals surface area contributed by atoms with E-state index in [-0.39, 0.29) is 0 Å². The van der Waals surface area contributed by atoms with E-state index in [4.69, 9.17) is 17.3 Å². The molecule has 0 amide bonds. The lowest BCUT2D eigenvalue weighted by Crippen LogP contribution is -1.98. The Bertz CT molecular complexity index is 528. The first-order chi connectivity index (χ1) is 7.56. The second kappa shape index (κ2) is 4.11. The zero-order valence-electron chi connectivity index (χ0n) is 9.54. The Morgan fingerprint density at radius 3 is 2.75 bits per heavy atom. The highest BCUT2D eigenvalue weighted by Gasteiger charge is 2.18. The van der Waals surface area contributed by atoms with Gasteiger partial charge in [0, 0.05) is 12.6 Å². The number of thiophene rings is 1. The zero-order chi connectivity index (χ0) is 11.9. The summed E-state index contributed by atoms with van der Waals surface area (Å²) in [6.45, 7) is 4.07. The molecule has 0 unspecified atom stereocenters. The van der Waals surface area contributed by atoms with Crippen LogP contribution in [0, 0.1) is 6.92 Å². The molecule has 2 rings (SSSR count). The number of hydrogen-bond acceptors (Lipinski definition) is 3. The largest absolute Gasteiger partial charge is 0.384 e. The second-order valence-corrected chi connectivity index (χ2v) is 5.01. The van der Waals surface area contributed by atoms with Crippen LogP contribution in [-0.2, 0) is 13.5 Å². The highest BCUT2D eigenvalue weighted by atomic mass is 35.5. The van der Waals surface area contributed by atoms with E-state index >= 15 is 0 Å². The summed E-state index contributed by atoms with van der Waals surface area (Å²) in [4.78, 5) is 1.02. The average Bonchev–Trinajstić information content (AvgIpc) is 2.72. The molecule has 0 radical (unpaired) electrons. The van der Waals surface area contributed by atoms with Crippen molar-refractivity contribution in [2.75, 3.05) is 5.73 Å². The Balaban J connectivity index is 2.64. The van der Waals surface area contributed by atoms with E-state index in [2.05, 4.69) is 12.0 Å². The van der Waals surface area contributed by atoms with Gasteiger partial charge in [0.05, 0.1) is 9.90 Å². The number of nitrogen functional groups attached to an aromatic ring is 1. The molecule has 2 aromatic heterocycles. The molecule has 0 saturated heterocycles. The molecule has 0 aromatic carbocycles. The van der Waals surface area contributed by atoms with Crippen LogP contribution in [0.25, 0.3) is 10.6 Å². The van der Waals surface area contributed by atoms with Crippen LogP contribution in [0.15, 0.2) is 5.38 Å². The molecule has 0 atom stereocenters. The fraction of sp³-hybridized carbons (Fsp3) is 0.364. The first-order valence-corrected chi connectivity index (χ1v) is 6.37. The van der Waals surface area contributed by atoms with Crippen LogP contribution in [0.1, 0.15) is 18.1 Å². The molecule has 0 aliphatic rings. The maximum Gasteiger partial charge on any atom is 0.125 e. The van der Waals surface area contributed by atoms with Gasteiger partial charge in [0.1, 0.15) is 11.5 Å². The fourth-order valence-corrected chi connectivity index (χ4v) is 3.00. The molecule has 86 valence electrons. The van der Waals surface area contributed by atoms with Crippen molar-refractivity contribution in [3.05, 3.63) is 21.5 Å². The van der Waals surface area contributed by atoms with Gasteiger partial charge in [-0.3, -0.25) is 4.68 Å². The van der Waals surface area contributed by atoms with E-state index in [1.807, 2.05) is 19.4 Å². The summed E-state index contributed by atoms with van der Waals surface area (Å²) in [5.74, 6) is 0.722. The third-order valence-electron chi connectivity index (χ3n) is 2.66. The first kappa shape index (κ1) is 11.5. The lowest BCUT2D eigenvalue weighted by atomic mass is 10.1. The Kier molecular flexibility index (Phi) is 2.95. The standard InChI is InChI=1S/C11H14ClN3S/c1-4-7-9(14-15(3)11(7)13)10-8(12)6(2)5-16-10/h5H,4,13H2,1-3H3. The third-order valence-corrected chi connectivity index (χ3v) is 4.37. The van der Waals surface area contributed by atoms with Crippen LogP contribution in [0.3, 0.4) is 0 Å². The van der Waals surface area contributed by atoms with Crippen LogP contribution < -0.4 is 5.73 Å². The predicted molar refractivity (Wildman–Crippen MR) is 70.1 cm³/mol. The Labute approximate surface area is 104 Å². The topological polar surface area (TPSA) is 43.8 Å². The van der Waals surface area contributed by atoms with E-state index in [9.17, 15) is 0 Å². The van der Waals surface area contributed by atoms with E-state index in [0.717, 1.165) is 39.0 Å². The summed E-state index contributed by atoms with van der Waals surface area (Å²) in [6, 6.07) is 0. The summed E-state index contributed by atoms with van der Waals surface area (Å²) >= 11 is 7.87.